The molecule has 2 aromatic rings. The molecule has 2 heterocycles. The minimum absolute atomic E-state index is 0.106. The first-order chi connectivity index (χ1) is 18.8. The number of fused-ring (bicyclic) bond motifs is 2. The van der Waals surface area contributed by atoms with Crippen LogP contribution in [0.4, 0.5) is 5.00 Å². The van der Waals surface area contributed by atoms with Crippen molar-refractivity contribution in [1.82, 2.24) is 4.90 Å². The lowest BCUT2D eigenvalue weighted by molar-refractivity contribution is -0.152. The minimum Gasteiger partial charge on any atom is -0.465 e. The second-order valence-electron chi connectivity index (χ2n) is 9.88. The molecule has 3 amide bonds. The maximum atomic E-state index is 13.4. The van der Waals surface area contributed by atoms with Crippen LogP contribution in [0.3, 0.4) is 0 Å². The lowest BCUT2D eigenvalue weighted by Crippen LogP contribution is -2.49. The quantitative estimate of drug-likeness (QED) is 0.146. The summed E-state index contributed by atoms with van der Waals surface area (Å²) in [4.78, 5) is 67.3. The largest absolute Gasteiger partial charge is 0.465 e. The molecule has 0 radical (unpaired) electrons. The number of carbonyl (C=O) groups excluding carboxylic acids is 5. The van der Waals surface area contributed by atoms with Crippen LogP contribution in [0.1, 0.15) is 68.7 Å². The third kappa shape index (κ3) is 5.58. The van der Waals surface area contributed by atoms with Crippen molar-refractivity contribution in [3.05, 3.63) is 45.0 Å². The average Bonchev–Trinajstić information content (AvgIpc) is 3.38. The van der Waals surface area contributed by atoms with Gasteiger partial charge in [-0.2, -0.15) is 0 Å². The highest BCUT2D eigenvalue weighted by atomic mass is 79.9. The van der Waals surface area contributed by atoms with Gasteiger partial charge in [-0.05, 0) is 100 Å². The molecule has 0 spiro atoms. The number of carbonyl (C=O) groups is 5. The van der Waals surface area contributed by atoms with Crippen molar-refractivity contribution in [2.24, 2.45) is 11.8 Å². The lowest BCUT2D eigenvalue weighted by atomic mass is 9.88. The van der Waals surface area contributed by atoms with Crippen molar-refractivity contribution >= 4 is 110 Å². The first-order valence-corrected chi connectivity index (χ1v) is 16.2. The number of ether oxygens (including phenoxy) is 2. The summed E-state index contributed by atoms with van der Waals surface area (Å²) in [7, 11) is 1.28. The Hall–Kier alpha value is -1.61. The van der Waals surface area contributed by atoms with Crippen molar-refractivity contribution in [2.45, 2.75) is 46.1 Å². The number of hydrogen-bond donors (Lipinski definition) is 1. The normalized spacial score (nSPS) is 17.0. The number of imide groups is 1. The zero-order valence-electron chi connectivity index (χ0n) is 21.8. The van der Waals surface area contributed by atoms with Crippen LogP contribution in [0.2, 0.25) is 0 Å². The van der Waals surface area contributed by atoms with Gasteiger partial charge in [0.15, 0.2) is 6.61 Å². The van der Waals surface area contributed by atoms with E-state index in [0.29, 0.717) is 40.8 Å². The monoisotopic (exact) mass is 824 g/mol. The van der Waals surface area contributed by atoms with Gasteiger partial charge in [0, 0.05) is 22.8 Å². The standard InChI is InChI=1S/C26H24Br4N2O7S/c1-9(2)21(32-23(34)15-16(24(32)35)18(28)20(30)19(29)17(15)27)26(37)39-8-13(33)31-22-14(25(36)38-4)11-6-5-10(3)7-12(11)40-22/h9-10,21H,5-8H2,1-4H3,(H,31,33)/t10-,21-/m0/s1. The summed E-state index contributed by atoms with van der Waals surface area (Å²) in [5.74, 6) is -3.49. The molecular formula is C26H24Br4N2O7S. The van der Waals surface area contributed by atoms with Gasteiger partial charge in [-0.3, -0.25) is 19.3 Å². The van der Waals surface area contributed by atoms with Gasteiger partial charge in [0.05, 0.1) is 23.8 Å². The molecule has 2 aliphatic rings. The fourth-order valence-electron chi connectivity index (χ4n) is 4.84. The molecule has 1 aromatic carbocycles. The molecule has 0 saturated carbocycles. The number of hydrogen-bond acceptors (Lipinski definition) is 8. The van der Waals surface area contributed by atoms with Crippen molar-refractivity contribution in [1.29, 1.82) is 0 Å². The van der Waals surface area contributed by atoms with Gasteiger partial charge in [-0.15, -0.1) is 11.3 Å². The Bertz CT molecular complexity index is 1410. The van der Waals surface area contributed by atoms with Crippen molar-refractivity contribution in [2.75, 3.05) is 19.0 Å². The Balaban J connectivity index is 1.52. The van der Waals surface area contributed by atoms with E-state index in [1.165, 1.54) is 18.4 Å². The highest BCUT2D eigenvalue weighted by Gasteiger charge is 2.48. The van der Waals surface area contributed by atoms with Crippen LogP contribution in [-0.4, -0.2) is 54.3 Å². The number of benzene rings is 1. The second-order valence-corrected chi connectivity index (χ2v) is 14.2. The van der Waals surface area contributed by atoms with Crippen LogP contribution in [0, 0.1) is 11.8 Å². The number of thiophene rings is 1. The topological polar surface area (TPSA) is 119 Å². The molecule has 40 heavy (non-hydrogen) atoms. The van der Waals surface area contributed by atoms with E-state index in [1.807, 2.05) is 0 Å². The summed E-state index contributed by atoms with van der Waals surface area (Å²) in [6.07, 6.45) is 2.43. The number of rotatable bonds is 7. The van der Waals surface area contributed by atoms with E-state index in [0.717, 1.165) is 28.2 Å². The van der Waals surface area contributed by atoms with Crippen LogP contribution in [0.25, 0.3) is 0 Å². The molecule has 0 bridgehead atoms. The van der Waals surface area contributed by atoms with Gasteiger partial charge in [-0.25, -0.2) is 9.59 Å². The van der Waals surface area contributed by atoms with Gasteiger partial charge < -0.3 is 14.8 Å². The summed E-state index contributed by atoms with van der Waals surface area (Å²) in [5, 5.41) is 3.03. The van der Waals surface area contributed by atoms with Gasteiger partial charge in [-0.1, -0.05) is 20.8 Å². The number of esters is 2. The van der Waals surface area contributed by atoms with Crippen LogP contribution in [-0.2, 0) is 31.9 Å². The minimum atomic E-state index is -1.28. The van der Waals surface area contributed by atoms with Gasteiger partial charge >= 0.3 is 11.9 Å². The number of nitrogens with zero attached hydrogens (tertiary/aromatic N) is 1. The summed E-state index contributed by atoms with van der Waals surface area (Å²) >= 11 is 14.8. The number of amides is 3. The third-order valence-electron chi connectivity index (χ3n) is 6.78. The van der Waals surface area contributed by atoms with Gasteiger partial charge in [0.1, 0.15) is 11.0 Å². The van der Waals surface area contributed by atoms with E-state index in [9.17, 15) is 24.0 Å². The highest BCUT2D eigenvalue weighted by molar-refractivity contribution is 9.15. The number of nitrogens with one attached hydrogen (secondary N) is 1. The molecule has 0 saturated heterocycles. The molecule has 1 aliphatic heterocycles. The zero-order valence-corrected chi connectivity index (χ0v) is 28.9. The maximum Gasteiger partial charge on any atom is 0.341 e. The zero-order chi connectivity index (χ0) is 29.6. The Morgan fingerprint density at radius 3 is 2.12 bits per heavy atom. The van der Waals surface area contributed by atoms with E-state index in [4.69, 9.17) is 9.47 Å². The molecule has 4 rings (SSSR count). The van der Waals surface area contributed by atoms with Crippen LogP contribution >= 0.6 is 75.1 Å². The van der Waals surface area contributed by atoms with Crippen LogP contribution < -0.4 is 5.32 Å². The molecule has 14 heteroatoms. The Labute approximate surface area is 268 Å². The molecule has 9 nitrogen and oxygen atoms in total. The Kier molecular flexibility index (Phi) is 9.65. The second kappa shape index (κ2) is 12.3. The number of halogens is 4. The van der Waals surface area contributed by atoms with Crippen LogP contribution in [0.15, 0.2) is 17.9 Å². The summed E-state index contributed by atoms with van der Waals surface area (Å²) in [6.45, 7) is 4.80. The van der Waals surface area contributed by atoms with E-state index < -0.39 is 48.2 Å². The predicted molar refractivity (Wildman–Crippen MR) is 163 cm³/mol. The Morgan fingerprint density at radius 2 is 1.60 bits per heavy atom. The number of anilines is 1. The van der Waals surface area contributed by atoms with Gasteiger partial charge in [0.2, 0.25) is 0 Å². The molecule has 0 unspecified atom stereocenters. The molecule has 1 aromatic heterocycles. The molecule has 0 fully saturated rings. The van der Waals surface area contributed by atoms with E-state index in [-0.39, 0.29) is 11.1 Å². The Morgan fingerprint density at radius 1 is 1.02 bits per heavy atom. The summed E-state index contributed by atoms with van der Waals surface area (Å²) in [6, 6.07) is -1.28. The first kappa shape index (κ1) is 31.3. The van der Waals surface area contributed by atoms with E-state index in [2.05, 4.69) is 76.0 Å². The van der Waals surface area contributed by atoms with Crippen molar-refractivity contribution in [3.8, 4) is 0 Å². The fourth-order valence-corrected chi connectivity index (χ4v) is 8.71. The molecule has 2 atom stereocenters. The maximum absolute atomic E-state index is 13.4. The average molecular weight is 828 g/mol. The molecule has 214 valence electrons. The first-order valence-electron chi connectivity index (χ1n) is 12.2. The van der Waals surface area contributed by atoms with E-state index in [1.54, 1.807) is 13.8 Å². The molecular weight excluding hydrogens is 804 g/mol. The van der Waals surface area contributed by atoms with Crippen molar-refractivity contribution < 1.29 is 33.4 Å². The van der Waals surface area contributed by atoms with Crippen molar-refractivity contribution in [3.63, 3.8) is 0 Å². The number of methoxy groups -OCH3 is 1. The summed E-state index contributed by atoms with van der Waals surface area (Å²) in [5.41, 5.74) is 1.42. The lowest BCUT2D eigenvalue weighted by Gasteiger charge is -2.27. The SMILES string of the molecule is COC(=O)c1c(NC(=O)COC(=O)[C@H](C(C)C)N2C(=O)c3c(Br)c(Br)c(Br)c(Br)c3C2=O)sc2c1CC[C@H](C)C2. The molecule has 1 N–H and O–H groups in total. The van der Waals surface area contributed by atoms with Gasteiger partial charge in [0.25, 0.3) is 17.7 Å². The van der Waals surface area contributed by atoms with Crippen LogP contribution in [0.5, 0.6) is 0 Å². The fraction of sp³-hybridized carbons (Fsp3) is 0.423. The highest BCUT2D eigenvalue weighted by Crippen LogP contribution is 2.46. The predicted octanol–water partition coefficient (Wildman–Crippen LogP) is 6.51. The third-order valence-corrected chi connectivity index (χ3v) is 12.7. The summed E-state index contributed by atoms with van der Waals surface area (Å²) < 4.78 is 12.0. The molecule has 1 aliphatic carbocycles. The van der Waals surface area contributed by atoms with E-state index >= 15 is 0 Å². The smallest absolute Gasteiger partial charge is 0.341 e.